The van der Waals surface area contributed by atoms with Crippen molar-refractivity contribution in [2.75, 3.05) is 6.54 Å². The topological polar surface area (TPSA) is 76.0 Å². The van der Waals surface area contributed by atoms with Gasteiger partial charge in [-0.05, 0) is 31.1 Å². The van der Waals surface area contributed by atoms with E-state index < -0.39 is 6.04 Å². The highest BCUT2D eigenvalue weighted by molar-refractivity contribution is 5.95. The smallest absolute Gasteiger partial charge is 0.244 e. The van der Waals surface area contributed by atoms with Crippen molar-refractivity contribution in [3.05, 3.63) is 60.4 Å². The van der Waals surface area contributed by atoms with Crippen LogP contribution in [-0.2, 0) is 16.1 Å². The van der Waals surface area contributed by atoms with E-state index in [0.717, 1.165) is 18.5 Å². The van der Waals surface area contributed by atoms with E-state index >= 15 is 0 Å². The first-order valence-corrected chi connectivity index (χ1v) is 7.94. The van der Waals surface area contributed by atoms with E-state index in [-0.39, 0.29) is 11.8 Å². The van der Waals surface area contributed by atoms with Gasteiger partial charge in [-0.1, -0.05) is 30.3 Å². The zero-order valence-corrected chi connectivity index (χ0v) is 13.7. The third-order valence-electron chi connectivity index (χ3n) is 3.40. The number of carbonyl (C=O) groups excluding carboxylic acids is 2. The molecule has 0 radical (unpaired) electrons. The van der Waals surface area contributed by atoms with Crippen LogP contribution in [0.1, 0.15) is 18.9 Å². The van der Waals surface area contributed by atoms with Crippen molar-refractivity contribution in [1.82, 2.24) is 20.4 Å². The summed E-state index contributed by atoms with van der Waals surface area (Å²) in [6, 6.07) is 10.8. The molecule has 2 N–H and O–H groups in total. The van der Waals surface area contributed by atoms with Gasteiger partial charge in [0.25, 0.3) is 0 Å². The van der Waals surface area contributed by atoms with E-state index in [4.69, 9.17) is 0 Å². The van der Waals surface area contributed by atoms with Crippen molar-refractivity contribution < 1.29 is 9.59 Å². The lowest BCUT2D eigenvalue weighted by atomic mass is 10.2. The lowest BCUT2D eigenvalue weighted by molar-refractivity contribution is -0.126. The van der Waals surface area contributed by atoms with Crippen LogP contribution in [-0.4, -0.2) is 34.2 Å². The molecular weight excluding hydrogens is 304 g/mol. The summed E-state index contributed by atoms with van der Waals surface area (Å²) in [7, 11) is 0. The highest BCUT2D eigenvalue weighted by atomic mass is 16.2. The minimum atomic E-state index is -0.581. The average Bonchev–Trinajstić information content (AvgIpc) is 3.11. The Kier molecular flexibility index (Phi) is 6.76. The van der Waals surface area contributed by atoms with Gasteiger partial charge in [-0.25, -0.2) is 0 Å². The van der Waals surface area contributed by atoms with E-state index in [2.05, 4.69) is 15.7 Å². The van der Waals surface area contributed by atoms with Crippen molar-refractivity contribution in [3.63, 3.8) is 0 Å². The number of hydrogen-bond donors (Lipinski definition) is 2. The van der Waals surface area contributed by atoms with E-state index in [1.54, 1.807) is 19.2 Å². The summed E-state index contributed by atoms with van der Waals surface area (Å²) in [5.41, 5.74) is 0.934. The minimum Gasteiger partial charge on any atom is -0.354 e. The molecule has 24 heavy (non-hydrogen) atoms. The maximum absolute atomic E-state index is 11.9. The molecule has 0 saturated heterocycles. The zero-order chi connectivity index (χ0) is 17.2. The third-order valence-corrected chi connectivity index (χ3v) is 3.40. The number of amides is 2. The predicted octanol–water partition coefficient (Wildman–Crippen LogP) is 1.61. The Bertz CT molecular complexity index is 666. The molecule has 1 aromatic heterocycles. The second-order valence-corrected chi connectivity index (χ2v) is 5.39. The van der Waals surface area contributed by atoms with Crippen LogP contribution in [0.2, 0.25) is 0 Å². The van der Waals surface area contributed by atoms with Crippen LogP contribution in [0.15, 0.2) is 54.9 Å². The molecular formula is C18H22N4O2. The molecule has 0 aliphatic heterocycles. The first-order chi connectivity index (χ1) is 11.6. The fourth-order valence-electron chi connectivity index (χ4n) is 2.10. The third kappa shape index (κ3) is 6.08. The van der Waals surface area contributed by atoms with Gasteiger partial charge < -0.3 is 10.6 Å². The maximum Gasteiger partial charge on any atom is 0.244 e. The predicted molar refractivity (Wildman–Crippen MR) is 92.9 cm³/mol. The zero-order valence-electron chi connectivity index (χ0n) is 13.7. The molecule has 1 heterocycles. The summed E-state index contributed by atoms with van der Waals surface area (Å²) >= 11 is 0. The molecule has 1 aromatic carbocycles. The Balaban J connectivity index is 1.66. The number of hydrogen-bond acceptors (Lipinski definition) is 3. The highest BCUT2D eigenvalue weighted by Gasteiger charge is 2.13. The van der Waals surface area contributed by atoms with Crippen molar-refractivity contribution in [1.29, 1.82) is 0 Å². The van der Waals surface area contributed by atoms with Gasteiger partial charge in [0, 0.05) is 31.6 Å². The van der Waals surface area contributed by atoms with Crippen molar-refractivity contribution in [2.24, 2.45) is 0 Å². The quantitative estimate of drug-likeness (QED) is 0.571. The molecule has 2 amide bonds. The molecule has 126 valence electrons. The van der Waals surface area contributed by atoms with E-state index in [1.165, 1.54) is 6.08 Å². The van der Waals surface area contributed by atoms with E-state index in [9.17, 15) is 9.59 Å². The first kappa shape index (κ1) is 17.5. The SMILES string of the molecule is CC(NC(=O)C=Cc1ccccc1)C(=O)NCCCn1cccn1. The molecule has 2 rings (SSSR count). The van der Waals surface area contributed by atoms with Crippen molar-refractivity contribution in [2.45, 2.75) is 25.9 Å². The number of nitrogens with zero attached hydrogens (tertiary/aromatic N) is 2. The summed E-state index contributed by atoms with van der Waals surface area (Å²) in [6.07, 6.45) is 7.52. The fourth-order valence-corrected chi connectivity index (χ4v) is 2.10. The standard InChI is InChI=1S/C18H22N4O2/c1-15(18(24)19-11-5-13-22-14-6-12-20-22)21-17(23)10-9-16-7-3-2-4-8-16/h2-4,6-10,12,14-15H,5,11,13H2,1H3,(H,19,24)(H,21,23). The van der Waals surface area contributed by atoms with Gasteiger partial charge in [-0.2, -0.15) is 5.10 Å². The largest absolute Gasteiger partial charge is 0.354 e. The molecule has 1 unspecified atom stereocenters. The van der Waals surface area contributed by atoms with Gasteiger partial charge in [-0.3, -0.25) is 14.3 Å². The molecule has 6 heteroatoms. The molecule has 0 spiro atoms. The van der Waals surface area contributed by atoms with Gasteiger partial charge in [0.2, 0.25) is 11.8 Å². The van der Waals surface area contributed by atoms with Gasteiger partial charge in [0.15, 0.2) is 0 Å². The average molecular weight is 326 g/mol. The molecule has 0 aliphatic carbocycles. The second-order valence-electron chi connectivity index (χ2n) is 5.39. The van der Waals surface area contributed by atoms with Crippen LogP contribution < -0.4 is 10.6 Å². The molecule has 0 fully saturated rings. The summed E-state index contributed by atoms with van der Waals surface area (Å²) in [6.45, 7) is 2.95. The summed E-state index contributed by atoms with van der Waals surface area (Å²) in [5.74, 6) is -0.491. The lowest BCUT2D eigenvalue weighted by Crippen LogP contribution is -2.44. The second kappa shape index (κ2) is 9.29. The van der Waals surface area contributed by atoms with Gasteiger partial charge in [0.05, 0.1) is 0 Å². The van der Waals surface area contributed by atoms with Crippen LogP contribution >= 0.6 is 0 Å². The molecule has 2 aromatic rings. The number of aryl methyl sites for hydroxylation is 1. The van der Waals surface area contributed by atoms with E-state index in [1.807, 2.05) is 47.3 Å². The Morgan fingerprint density at radius 2 is 2.04 bits per heavy atom. The van der Waals surface area contributed by atoms with Gasteiger partial charge in [0.1, 0.15) is 6.04 Å². The number of rotatable bonds is 8. The maximum atomic E-state index is 11.9. The number of benzene rings is 1. The number of aromatic nitrogens is 2. The summed E-state index contributed by atoms with van der Waals surface area (Å²) in [5, 5.41) is 9.55. The van der Waals surface area contributed by atoms with Crippen LogP contribution in [0.25, 0.3) is 6.08 Å². The molecule has 6 nitrogen and oxygen atoms in total. The molecule has 0 bridgehead atoms. The van der Waals surface area contributed by atoms with Crippen molar-refractivity contribution >= 4 is 17.9 Å². The number of nitrogens with one attached hydrogen (secondary N) is 2. The summed E-state index contributed by atoms with van der Waals surface area (Å²) < 4.78 is 1.81. The Hall–Kier alpha value is -2.89. The van der Waals surface area contributed by atoms with Crippen LogP contribution in [0.5, 0.6) is 0 Å². The monoisotopic (exact) mass is 326 g/mol. The van der Waals surface area contributed by atoms with Crippen LogP contribution in [0, 0.1) is 0 Å². The normalized spacial score (nSPS) is 12.0. The minimum absolute atomic E-state index is 0.197. The van der Waals surface area contributed by atoms with Crippen LogP contribution in [0.3, 0.4) is 0 Å². The van der Waals surface area contributed by atoms with Crippen molar-refractivity contribution in [3.8, 4) is 0 Å². The van der Waals surface area contributed by atoms with Gasteiger partial charge in [-0.15, -0.1) is 0 Å². The molecule has 0 saturated carbocycles. The Morgan fingerprint density at radius 1 is 1.25 bits per heavy atom. The fraction of sp³-hybridized carbons (Fsp3) is 0.278. The number of carbonyl (C=O) groups is 2. The molecule has 0 aliphatic rings. The van der Waals surface area contributed by atoms with E-state index in [0.29, 0.717) is 6.54 Å². The Morgan fingerprint density at radius 3 is 2.75 bits per heavy atom. The highest BCUT2D eigenvalue weighted by Crippen LogP contribution is 2.00. The molecule has 1 atom stereocenters. The van der Waals surface area contributed by atoms with Crippen LogP contribution in [0.4, 0.5) is 0 Å². The van der Waals surface area contributed by atoms with Gasteiger partial charge >= 0.3 is 0 Å². The Labute approximate surface area is 141 Å². The summed E-state index contributed by atoms with van der Waals surface area (Å²) in [4.78, 5) is 23.8. The first-order valence-electron chi connectivity index (χ1n) is 7.94. The lowest BCUT2D eigenvalue weighted by Gasteiger charge is -2.13.